The van der Waals surface area contributed by atoms with E-state index in [2.05, 4.69) is 5.32 Å². The number of methoxy groups -OCH3 is 2. The number of hydrogen-bond donors (Lipinski definition) is 2. The summed E-state index contributed by atoms with van der Waals surface area (Å²) in [7, 11) is 3.17. The van der Waals surface area contributed by atoms with Crippen LogP contribution in [0.4, 0.5) is 10.1 Å². The van der Waals surface area contributed by atoms with Crippen molar-refractivity contribution in [3.63, 3.8) is 0 Å². The highest BCUT2D eigenvalue weighted by Gasteiger charge is 2.21. The Morgan fingerprint density at radius 1 is 1.13 bits per heavy atom. The highest BCUT2D eigenvalue weighted by molar-refractivity contribution is 7.71. The monoisotopic (exact) mass is 445 g/mol. The molecule has 3 rings (SSSR count). The van der Waals surface area contributed by atoms with Crippen molar-refractivity contribution in [2.45, 2.75) is 19.4 Å². The molecule has 0 bridgehead atoms. The molecule has 2 N–H and O–H groups in total. The van der Waals surface area contributed by atoms with E-state index < -0.39 is 5.82 Å². The molecule has 2 aromatic carbocycles. The first kappa shape index (κ1) is 22.5. The van der Waals surface area contributed by atoms with Crippen molar-refractivity contribution in [3.8, 4) is 17.3 Å². The van der Waals surface area contributed by atoms with E-state index in [4.69, 9.17) is 21.7 Å². The second kappa shape index (κ2) is 10.2. The first-order valence-electron chi connectivity index (χ1n) is 9.66. The summed E-state index contributed by atoms with van der Waals surface area (Å²) >= 11 is 5.56. The number of aromatic hydroxyl groups is 1. The van der Waals surface area contributed by atoms with Gasteiger partial charge in [0.2, 0.25) is 11.8 Å². The predicted octanol–water partition coefficient (Wildman–Crippen LogP) is 4.08. The van der Waals surface area contributed by atoms with Gasteiger partial charge in [-0.25, -0.2) is 4.39 Å². The number of nitrogens with one attached hydrogen (secondary N) is 1. The van der Waals surface area contributed by atoms with E-state index in [-0.39, 0.29) is 18.2 Å². The van der Waals surface area contributed by atoms with E-state index in [0.29, 0.717) is 47.2 Å². The molecule has 0 unspecified atom stereocenters. The number of carbonyl (C=O) groups excluding carboxylic acids is 1. The van der Waals surface area contributed by atoms with Crippen LogP contribution in [0, 0.1) is 10.6 Å². The lowest BCUT2D eigenvalue weighted by molar-refractivity contribution is -0.115. The lowest BCUT2D eigenvalue weighted by Crippen LogP contribution is -2.17. The molecular formula is C22H24FN3O4S. The Morgan fingerprint density at radius 3 is 2.42 bits per heavy atom. The van der Waals surface area contributed by atoms with Crippen molar-refractivity contribution < 1.29 is 23.8 Å². The van der Waals surface area contributed by atoms with Gasteiger partial charge in [0.25, 0.3) is 0 Å². The zero-order valence-electron chi connectivity index (χ0n) is 17.3. The van der Waals surface area contributed by atoms with Crippen molar-refractivity contribution in [3.05, 3.63) is 64.8 Å². The summed E-state index contributed by atoms with van der Waals surface area (Å²) in [5.41, 5.74) is 1.48. The van der Waals surface area contributed by atoms with Gasteiger partial charge in [-0.05, 0) is 67.2 Å². The fourth-order valence-electron chi connectivity index (χ4n) is 3.20. The molecule has 1 amide bonds. The Bertz CT molecular complexity index is 1090. The molecule has 0 aliphatic rings. The topological polar surface area (TPSA) is 77.7 Å². The normalized spacial score (nSPS) is 10.8. The van der Waals surface area contributed by atoms with Crippen molar-refractivity contribution in [1.82, 2.24) is 9.13 Å². The van der Waals surface area contributed by atoms with Crippen LogP contribution in [-0.4, -0.2) is 41.0 Å². The molecule has 9 heteroatoms. The van der Waals surface area contributed by atoms with Gasteiger partial charge in [-0.1, -0.05) is 0 Å². The average Bonchev–Trinajstić information content (AvgIpc) is 2.99. The number of benzene rings is 2. The molecule has 0 aliphatic heterocycles. The first-order chi connectivity index (χ1) is 14.9. The fourth-order valence-corrected chi connectivity index (χ4v) is 3.60. The zero-order valence-corrected chi connectivity index (χ0v) is 18.1. The third kappa shape index (κ3) is 5.31. The number of imidazole rings is 1. The molecule has 0 aliphatic carbocycles. The largest absolute Gasteiger partial charge is 0.497 e. The molecular weight excluding hydrogens is 421 g/mol. The number of carbonyl (C=O) groups is 1. The van der Waals surface area contributed by atoms with Gasteiger partial charge in [0.05, 0.1) is 24.9 Å². The molecule has 0 saturated carbocycles. The quantitative estimate of drug-likeness (QED) is 0.383. The van der Waals surface area contributed by atoms with Crippen LogP contribution in [0.5, 0.6) is 11.6 Å². The van der Waals surface area contributed by atoms with Gasteiger partial charge in [-0.15, -0.1) is 0 Å². The summed E-state index contributed by atoms with van der Waals surface area (Å²) in [6.07, 6.45) is 0.549. The third-order valence-electron chi connectivity index (χ3n) is 4.73. The van der Waals surface area contributed by atoms with Crippen LogP contribution in [0.15, 0.2) is 48.5 Å². The molecule has 0 atom stereocenters. The SMILES string of the molecule is COCCCn1c(CC(=O)Nc2ccc(OC)cc2)c(O)n(-c2ccc(F)cc2)c1=S. The number of halogens is 1. The Morgan fingerprint density at radius 2 is 1.81 bits per heavy atom. The molecule has 0 spiro atoms. The van der Waals surface area contributed by atoms with Gasteiger partial charge in [0.1, 0.15) is 11.6 Å². The van der Waals surface area contributed by atoms with E-state index >= 15 is 0 Å². The van der Waals surface area contributed by atoms with Gasteiger partial charge in [-0.3, -0.25) is 9.36 Å². The lowest BCUT2D eigenvalue weighted by atomic mass is 10.2. The maximum Gasteiger partial charge on any atom is 0.230 e. The smallest absolute Gasteiger partial charge is 0.230 e. The Balaban J connectivity index is 1.90. The number of anilines is 1. The number of aromatic nitrogens is 2. The Hall–Kier alpha value is -3.17. The second-order valence-corrected chi connectivity index (χ2v) is 7.18. The minimum absolute atomic E-state index is 0.0946. The summed E-state index contributed by atoms with van der Waals surface area (Å²) in [5, 5.41) is 13.7. The van der Waals surface area contributed by atoms with E-state index in [0.717, 1.165) is 0 Å². The number of amides is 1. The van der Waals surface area contributed by atoms with Crippen molar-refractivity contribution in [2.24, 2.45) is 0 Å². The highest BCUT2D eigenvalue weighted by atomic mass is 32.1. The number of hydrogen-bond acceptors (Lipinski definition) is 5. The van der Waals surface area contributed by atoms with Gasteiger partial charge in [0.15, 0.2) is 4.77 Å². The molecule has 164 valence electrons. The Labute approximate surface area is 184 Å². The summed E-state index contributed by atoms with van der Waals surface area (Å²) in [6, 6.07) is 12.5. The van der Waals surface area contributed by atoms with Gasteiger partial charge < -0.3 is 24.5 Å². The average molecular weight is 446 g/mol. The highest BCUT2D eigenvalue weighted by Crippen LogP contribution is 2.27. The standard InChI is InChI=1S/C22H24FN3O4S/c1-29-13-3-12-25-19(14-20(27)24-16-6-10-18(30-2)11-7-16)21(28)26(22(25)31)17-8-4-15(23)5-9-17/h4-11,28H,3,12-14H2,1-2H3,(H,24,27). The minimum atomic E-state index is -0.395. The molecule has 3 aromatic rings. The summed E-state index contributed by atoms with van der Waals surface area (Å²) in [4.78, 5) is 12.7. The first-order valence-corrected chi connectivity index (χ1v) is 10.1. The minimum Gasteiger partial charge on any atom is -0.497 e. The van der Waals surface area contributed by atoms with Crippen LogP contribution in [0.2, 0.25) is 0 Å². The maximum absolute atomic E-state index is 13.3. The molecule has 7 nitrogen and oxygen atoms in total. The summed E-state index contributed by atoms with van der Waals surface area (Å²) in [5.74, 6) is -0.182. The number of ether oxygens (including phenoxy) is 2. The van der Waals surface area contributed by atoms with Crippen LogP contribution in [0.1, 0.15) is 12.1 Å². The number of rotatable bonds is 9. The fraction of sp³-hybridized carbons (Fsp3) is 0.273. The van der Waals surface area contributed by atoms with Crippen LogP contribution >= 0.6 is 12.2 Å². The molecule has 1 heterocycles. The van der Waals surface area contributed by atoms with Crippen molar-refractivity contribution in [2.75, 3.05) is 26.1 Å². The maximum atomic E-state index is 13.3. The van der Waals surface area contributed by atoms with Crippen molar-refractivity contribution in [1.29, 1.82) is 0 Å². The van der Waals surface area contributed by atoms with E-state index in [1.54, 1.807) is 43.1 Å². The second-order valence-electron chi connectivity index (χ2n) is 6.82. The van der Waals surface area contributed by atoms with Gasteiger partial charge in [0, 0.05) is 25.9 Å². The van der Waals surface area contributed by atoms with Crippen LogP contribution in [-0.2, 0) is 22.5 Å². The third-order valence-corrected chi connectivity index (χ3v) is 5.14. The summed E-state index contributed by atoms with van der Waals surface area (Å²) in [6.45, 7) is 0.960. The molecule has 0 fully saturated rings. The number of nitrogens with zero attached hydrogens (tertiary/aromatic N) is 2. The van der Waals surface area contributed by atoms with Crippen LogP contribution < -0.4 is 10.1 Å². The van der Waals surface area contributed by atoms with Gasteiger partial charge >= 0.3 is 0 Å². The van der Waals surface area contributed by atoms with Crippen molar-refractivity contribution >= 4 is 23.8 Å². The predicted molar refractivity (Wildman–Crippen MR) is 118 cm³/mol. The van der Waals surface area contributed by atoms with Gasteiger partial charge in [-0.2, -0.15) is 0 Å². The van der Waals surface area contributed by atoms with E-state index in [1.165, 1.54) is 28.8 Å². The molecule has 31 heavy (non-hydrogen) atoms. The zero-order chi connectivity index (χ0) is 22.4. The van der Waals surface area contributed by atoms with E-state index in [1.807, 2.05) is 0 Å². The van der Waals surface area contributed by atoms with E-state index in [9.17, 15) is 14.3 Å². The lowest BCUT2D eigenvalue weighted by Gasteiger charge is -2.09. The molecule has 0 saturated heterocycles. The Kier molecular flexibility index (Phi) is 7.43. The van der Waals surface area contributed by atoms with Crippen LogP contribution in [0.3, 0.4) is 0 Å². The van der Waals surface area contributed by atoms with Crippen LogP contribution in [0.25, 0.3) is 5.69 Å². The summed E-state index contributed by atoms with van der Waals surface area (Å²) < 4.78 is 27.0. The molecule has 1 aromatic heterocycles. The molecule has 0 radical (unpaired) electrons.